The highest BCUT2D eigenvalue weighted by Crippen LogP contribution is 2.31. The molecule has 0 bridgehead atoms. The fourth-order valence-electron chi connectivity index (χ4n) is 1.72. The summed E-state index contributed by atoms with van der Waals surface area (Å²) >= 11 is 1.58. The summed E-state index contributed by atoms with van der Waals surface area (Å²) in [7, 11) is 0. The molecule has 3 nitrogen and oxygen atoms in total. The minimum Gasteiger partial charge on any atom is -0.300 e. The van der Waals surface area contributed by atoms with Gasteiger partial charge in [0.15, 0.2) is 5.13 Å². The minimum atomic E-state index is 0.751. The quantitative estimate of drug-likeness (QED) is 0.484. The van der Waals surface area contributed by atoms with Gasteiger partial charge in [-0.1, -0.05) is 41.7 Å². The largest absolute Gasteiger partial charge is 0.300 e. The van der Waals surface area contributed by atoms with E-state index in [1.54, 1.807) is 11.3 Å². The van der Waals surface area contributed by atoms with E-state index < -0.39 is 0 Å². The van der Waals surface area contributed by atoms with Gasteiger partial charge in [-0.05, 0) is 11.5 Å². The maximum atomic E-state index is 5.36. The number of thiazole rings is 1. The molecule has 15 heavy (non-hydrogen) atoms. The van der Waals surface area contributed by atoms with Gasteiger partial charge in [-0.25, -0.2) is 10.8 Å². The molecule has 0 spiro atoms. The van der Waals surface area contributed by atoms with E-state index in [1.165, 1.54) is 15.5 Å². The molecule has 0 atom stereocenters. The topological polar surface area (TPSA) is 50.9 Å². The van der Waals surface area contributed by atoms with Crippen LogP contribution in [0.15, 0.2) is 36.4 Å². The number of hydrogen-bond donors (Lipinski definition) is 2. The second-order valence-corrected chi connectivity index (χ2v) is 4.30. The Morgan fingerprint density at radius 1 is 1.13 bits per heavy atom. The molecule has 0 amide bonds. The van der Waals surface area contributed by atoms with E-state index in [-0.39, 0.29) is 0 Å². The minimum absolute atomic E-state index is 0.751. The number of hydrogen-bond acceptors (Lipinski definition) is 4. The summed E-state index contributed by atoms with van der Waals surface area (Å²) in [5.41, 5.74) is 3.58. The predicted molar refractivity (Wildman–Crippen MR) is 64.9 cm³/mol. The van der Waals surface area contributed by atoms with Crippen LogP contribution in [-0.2, 0) is 0 Å². The van der Waals surface area contributed by atoms with Gasteiger partial charge in [0.2, 0.25) is 0 Å². The first kappa shape index (κ1) is 8.64. The van der Waals surface area contributed by atoms with E-state index in [1.807, 2.05) is 18.2 Å². The van der Waals surface area contributed by atoms with Crippen molar-refractivity contribution < 1.29 is 0 Å². The molecule has 1 heterocycles. The average molecular weight is 215 g/mol. The maximum Gasteiger partial charge on any atom is 0.198 e. The average Bonchev–Trinajstić information content (AvgIpc) is 2.72. The third kappa shape index (κ3) is 1.26. The molecule has 1 aromatic heterocycles. The van der Waals surface area contributed by atoms with Crippen LogP contribution >= 0.6 is 11.3 Å². The first-order chi connectivity index (χ1) is 7.38. The monoisotopic (exact) mass is 215 g/mol. The molecule has 0 aliphatic heterocycles. The summed E-state index contributed by atoms with van der Waals surface area (Å²) in [6, 6.07) is 12.4. The van der Waals surface area contributed by atoms with Crippen molar-refractivity contribution in [3.05, 3.63) is 36.4 Å². The van der Waals surface area contributed by atoms with Crippen molar-refractivity contribution in [2.45, 2.75) is 0 Å². The van der Waals surface area contributed by atoms with Crippen LogP contribution in [0.3, 0.4) is 0 Å². The van der Waals surface area contributed by atoms with Gasteiger partial charge in [-0.15, -0.1) is 0 Å². The molecule has 0 radical (unpaired) electrons. The molecule has 3 aromatic rings. The molecular weight excluding hydrogens is 206 g/mol. The zero-order chi connectivity index (χ0) is 10.3. The Bertz CT molecular complexity index is 630. The number of nitrogens with two attached hydrogens (primary N) is 1. The predicted octanol–water partition coefficient (Wildman–Crippen LogP) is 2.74. The smallest absolute Gasteiger partial charge is 0.198 e. The van der Waals surface area contributed by atoms with Gasteiger partial charge < -0.3 is 0 Å². The molecule has 3 rings (SSSR count). The Morgan fingerprint density at radius 3 is 2.87 bits per heavy atom. The summed E-state index contributed by atoms with van der Waals surface area (Å²) in [5.74, 6) is 5.36. The zero-order valence-corrected chi connectivity index (χ0v) is 8.71. The number of nitrogens with one attached hydrogen (secondary N) is 1. The van der Waals surface area contributed by atoms with Crippen molar-refractivity contribution in [1.29, 1.82) is 0 Å². The molecule has 0 aliphatic carbocycles. The lowest BCUT2D eigenvalue weighted by atomic mass is 10.1. The lowest BCUT2D eigenvalue weighted by Gasteiger charge is -1.96. The normalized spacial score (nSPS) is 11.0. The Morgan fingerprint density at radius 2 is 2.00 bits per heavy atom. The van der Waals surface area contributed by atoms with Gasteiger partial charge in [0, 0.05) is 5.39 Å². The second kappa shape index (κ2) is 3.18. The summed E-state index contributed by atoms with van der Waals surface area (Å²) in [5, 5.41) is 3.22. The van der Waals surface area contributed by atoms with Crippen LogP contribution in [0, 0.1) is 0 Å². The lowest BCUT2D eigenvalue weighted by Crippen LogP contribution is -2.05. The van der Waals surface area contributed by atoms with Crippen molar-refractivity contribution in [2.24, 2.45) is 5.84 Å². The molecule has 74 valence electrons. The first-order valence-corrected chi connectivity index (χ1v) is 5.45. The Labute approximate surface area is 90.5 Å². The third-order valence-electron chi connectivity index (χ3n) is 2.40. The molecule has 0 saturated carbocycles. The number of benzene rings is 2. The van der Waals surface area contributed by atoms with Crippen LogP contribution in [-0.4, -0.2) is 4.98 Å². The zero-order valence-electron chi connectivity index (χ0n) is 7.90. The summed E-state index contributed by atoms with van der Waals surface area (Å²) in [4.78, 5) is 4.36. The Kier molecular flexibility index (Phi) is 1.83. The fourth-order valence-corrected chi connectivity index (χ4v) is 2.63. The van der Waals surface area contributed by atoms with E-state index in [9.17, 15) is 0 Å². The molecular formula is C11H9N3S. The standard InChI is InChI=1S/C11H9N3S/c12-14-11-13-9-6-5-7-3-1-2-4-8(7)10(9)15-11/h1-6H,12H2,(H,13,14). The van der Waals surface area contributed by atoms with Gasteiger partial charge in [0.25, 0.3) is 0 Å². The fraction of sp³-hybridized carbons (Fsp3) is 0. The number of anilines is 1. The highest BCUT2D eigenvalue weighted by Gasteiger charge is 2.05. The van der Waals surface area contributed by atoms with Crippen molar-refractivity contribution in [1.82, 2.24) is 4.98 Å². The highest BCUT2D eigenvalue weighted by atomic mass is 32.1. The lowest BCUT2D eigenvalue weighted by molar-refractivity contribution is 1.31. The molecule has 0 fully saturated rings. The number of hydrazine groups is 1. The van der Waals surface area contributed by atoms with Gasteiger partial charge in [0.05, 0.1) is 10.2 Å². The van der Waals surface area contributed by atoms with Crippen LogP contribution in [0.5, 0.6) is 0 Å². The molecule has 3 N–H and O–H groups in total. The number of fused-ring (bicyclic) bond motifs is 3. The van der Waals surface area contributed by atoms with Crippen molar-refractivity contribution in [3.63, 3.8) is 0 Å². The van der Waals surface area contributed by atoms with E-state index >= 15 is 0 Å². The Balaban J connectivity index is 2.47. The summed E-state index contributed by atoms with van der Waals surface area (Å²) < 4.78 is 1.18. The van der Waals surface area contributed by atoms with Crippen molar-refractivity contribution in [3.8, 4) is 0 Å². The van der Waals surface area contributed by atoms with Gasteiger partial charge in [-0.2, -0.15) is 0 Å². The highest BCUT2D eigenvalue weighted by molar-refractivity contribution is 7.23. The maximum absolute atomic E-state index is 5.36. The number of rotatable bonds is 1. The van der Waals surface area contributed by atoms with Gasteiger partial charge in [-0.3, -0.25) is 5.43 Å². The van der Waals surface area contributed by atoms with Crippen LogP contribution < -0.4 is 11.3 Å². The van der Waals surface area contributed by atoms with Gasteiger partial charge in [0.1, 0.15) is 0 Å². The molecule has 0 aliphatic rings. The SMILES string of the molecule is NNc1nc2ccc3ccccc3c2s1. The van der Waals surface area contributed by atoms with Gasteiger partial charge >= 0.3 is 0 Å². The molecule has 0 unspecified atom stereocenters. The number of nitrogen functional groups attached to an aromatic ring is 1. The van der Waals surface area contributed by atoms with E-state index in [4.69, 9.17) is 5.84 Å². The van der Waals surface area contributed by atoms with Crippen molar-refractivity contribution >= 4 is 37.5 Å². The van der Waals surface area contributed by atoms with Crippen LogP contribution in [0.4, 0.5) is 5.13 Å². The van der Waals surface area contributed by atoms with Crippen LogP contribution in [0.2, 0.25) is 0 Å². The molecule has 4 heteroatoms. The third-order valence-corrected chi connectivity index (χ3v) is 3.44. The van der Waals surface area contributed by atoms with E-state index in [0.29, 0.717) is 0 Å². The second-order valence-electron chi connectivity index (χ2n) is 3.30. The van der Waals surface area contributed by atoms with Crippen LogP contribution in [0.1, 0.15) is 0 Å². The van der Waals surface area contributed by atoms with E-state index in [2.05, 4.69) is 28.6 Å². The Hall–Kier alpha value is -1.65. The van der Waals surface area contributed by atoms with Crippen LogP contribution in [0.25, 0.3) is 21.0 Å². The van der Waals surface area contributed by atoms with E-state index in [0.717, 1.165) is 10.6 Å². The number of aromatic nitrogens is 1. The summed E-state index contributed by atoms with van der Waals surface area (Å²) in [6.07, 6.45) is 0. The molecule has 0 saturated heterocycles. The summed E-state index contributed by atoms with van der Waals surface area (Å²) in [6.45, 7) is 0. The number of nitrogens with zero attached hydrogens (tertiary/aromatic N) is 1. The molecule has 2 aromatic carbocycles. The first-order valence-electron chi connectivity index (χ1n) is 4.63. The van der Waals surface area contributed by atoms with Crippen molar-refractivity contribution in [2.75, 3.05) is 5.43 Å².